The number of nitrogens with zero attached hydrogens (tertiary/aromatic N) is 8. The number of anilines is 1. The van der Waals surface area contributed by atoms with Gasteiger partial charge in [-0.2, -0.15) is 0 Å². The van der Waals surface area contributed by atoms with Crippen LogP contribution in [0.1, 0.15) is 19.4 Å². The molecule has 23 heteroatoms. The summed E-state index contributed by atoms with van der Waals surface area (Å²) in [6, 6.07) is -0.225. The normalized spacial score (nSPS) is 36.2. The van der Waals surface area contributed by atoms with Crippen LogP contribution < -0.4 is 11.3 Å². The molecule has 0 amide bonds. The van der Waals surface area contributed by atoms with E-state index in [1.54, 1.807) is 10.9 Å². The largest absolute Gasteiger partial charge is 0.386 e. The van der Waals surface area contributed by atoms with Gasteiger partial charge in [0.1, 0.15) is 35.3 Å². The number of rotatable bonds is 3. The molecule has 3 fully saturated rings. The fraction of sp³-hybridized carbons (Fsp3) is 0.520. The monoisotopic (exact) mass is 742 g/mol. The molecule has 4 N–H and O–H groups in total. The number of aromatic nitrogens is 9. The fourth-order valence-electron chi connectivity index (χ4n) is 6.62. The molecule has 8 rings (SSSR count). The molecule has 9 atom stereocenters. The lowest BCUT2D eigenvalue weighted by Crippen LogP contribution is -2.44. The quantitative estimate of drug-likeness (QED) is 0.154. The summed E-state index contributed by atoms with van der Waals surface area (Å²) in [4.78, 5) is 48.0. The van der Waals surface area contributed by atoms with Crippen molar-refractivity contribution in [2.24, 2.45) is 11.8 Å². The molecule has 1 saturated carbocycles. The molecule has 18 nitrogen and oxygen atoms in total. The van der Waals surface area contributed by atoms with Crippen LogP contribution in [0.5, 0.6) is 0 Å². The van der Waals surface area contributed by atoms with Gasteiger partial charge in [-0.1, -0.05) is 12.2 Å². The lowest BCUT2D eigenvalue weighted by Gasteiger charge is -2.45. The average Bonchev–Trinajstić information content (AvgIpc) is 3.81. The highest BCUT2D eigenvalue weighted by molar-refractivity contribution is 8.44. The summed E-state index contributed by atoms with van der Waals surface area (Å²) in [5.41, 5.74) is 5.20. The molecule has 0 aromatic carbocycles. The van der Waals surface area contributed by atoms with E-state index in [4.69, 9.17) is 40.4 Å². The summed E-state index contributed by atoms with van der Waals surface area (Å²) < 4.78 is 63.7. The third kappa shape index (κ3) is 5.49. The van der Waals surface area contributed by atoms with Crippen LogP contribution in [0, 0.1) is 11.8 Å². The first-order chi connectivity index (χ1) is 22.8. The van der Waals surface area contributed by atoms with Gasteiger partial charge in [-0.15, -0.1) is 0 Å². The summed E-state index contributed by atoms with van der Waals surface area (Å²) in [5.74, 6) is -0.0772. The third-order valence-corrected chi connectivity index (χ3v) is 12.4. The molecule has 5 aromatic rings. The first kappa shape index (κ1) is 32.4. The van der Waals surface area contributed by atoms with Gasteiger partial charge in [0.25, 0.3) is 5.56 Å². The Morgan fingerprint density at radius 1 is 1.19 bits per heavy atom. The van der Waals surface area contributed by atoms with Gasteiger partial charge in [0, 0.05) is 24.4 Å². The van der Waals surface area contributed by atoms with Crippen LogP contribution in [0.15, 0.2) is 36.2 Å². The Morgan fingerprint density at radius 2 is 2.00 bits per heavy atom. The van der Waals surface area contributed by atoms with Crippen LogP contribution in [0.4, 0.5) is 10.2 Å². The molecular formula is C25H29FN10O8P2S2. The van der Waals surface area contributed by atoms with E-state index in [1.807, 2.05) is 4.57 Å². The molecule has 1 aliphatic carbocycles. The van der Waals surface area contributed by atoms with Crippen LogP contribution in [0.25, 0.3) is 28.1 Å². The summed E-state index contributed by atoms with van der Waals surface area (Å²) in [5, 5.41) is 0. The van der Waals surface area contributed by atoms with Gasteiger partial charge < -0.3 is 43.1 Å². The molecule has 2 saturated heterocycles. The van der Waals surface area contributed by atoms with E-state index in [0.717, 1.165) is 0 Å². The number of H-pyrrole nitrogens is 1. The van der Waals surface area contributed by atoms with Crippen molar-refractivity contribution < 1.29 is 36.7 Å². The van der Waals surface area contributed by atoms with Crippen LogP contribution in [0.2, 0.25) is 0 Å². The van der Waals surface area contributed by atoms with Gasteiger partial charge in [0.2, 0.25) is 5.78 Å². The maximum absolute atomic E-state index is 16.3. The second-order valence-corrected chi connectivity index (χ2v) is 17.9. The van der Waals surface area contributed by atoms with Gasteiger partial charge in [-0.3, -0.25) is 9.32 Å². The van der Waals surface area contributed by atoms with Gasteiger partial charge in [-0.05, 0) is 31.1 Å². The Balaban J connectivity index is 1.08. The van der Waals surface area contributed by atoms with E-state index >= 15 is 4.39 Å². The van der Waals surface area contributed by atoms with Crippen molar-refractivity contribution in [3.8, 4) is 0 Å². The number of nitrogens with one attached hydrogen (secondary N) is 1. The molecule has 2 bridgehead atoms. The lowest BCUT2D eigenvalue weighted by atomic mass is 9.70. The highest BCUT2D eigenvalue weighted by atomic mass is 32.7. The van der Waals surface area contributed by atoms with Gasteiger partial charge in [-0.25, -0.2) is 38.3 Å². The van der Waals surface area contributed by atoms with Gasteiger partial charge >= 0.3 is 13.5 Å². The predicted octanol–water partition coefficient (Wildman–Crippen LogP) is 2.17. The van der Waals surface area contributed by atoms with Crippen LogP contribution in [0.3, 0.4) is 0 Å². The number of fused-ring (bicyclic) bond motifs is 6. The first-order valence-electron chi connectivity index (χ1n) is 14.8. The number of ether oxygens (including phenoxy) is 1. The van der Waals surface area contributed by atoms with Gasteiger partial charge in [0.05, 0.1) is 39.0 Å². The number of nitrogen functional groups attached to an aromatic ring is 1. The van der Waals surface area contributed by atoms with Crippen LogP contribution >= 0.6 is 25.8 Å². The molecule has 7 unspecified atom stereocenters. The van der Waals surface area contributed by atoms with E-state index < -0.39 is 49.7 Å². The molecule has 0 radical (unpaired) electrons. The van der Waals surface area contributed by atoms with Crippen molar-refractivity contribution in [2.45, 2.75) is 49.9 Å². The Labute approximate surface area is 280 Å². The van der Waals surface area contributed by atoms with Crippen LogP contribution in [-0.2, 0) is 45.7 Å². The average molecular weight is 743 g/mol. The minimum absolute atomic E-state index is 0.0674. The SMILES string of the molecule is CC12COP(O)(=S)OC[C@@H]3C(COP(=O)(S)O[C@@H](C(Cn4cnc5c(=O)n6ccnc6[nH]c54)O1)C2F)CC3n1cnc2c(N)ncnc21. The number of imidazole rings is 3. The molecule has 7 heterocycles. The van der Waals surface area contributed by atoms with Crippen molar-refractivity contribution in [1.29, 1.82) is 0 Å². The second-order valence-electron chi connectivity index (χ2n) is 12.2. The topological polar surface area (TPSA) is 221 Å². The Kier molecular flexibility index (Phi) is 7.83. The molecular weight excluding hydrogens is 713 g/mol. The standard InChI is InChI=1S/C25H29FN10O8P2S2/c1-25-8-42-45(38,47)41-7-13-12(4-14(13)36-11-32-16-20(27)29-9-30-21(16)36)6-40-46(39,48)44-18(19(25)26)15(43-25)5-34-10-31-17-22(34)33-24-28-2-3-35(24)23(17)37/h2-3,9-15,18-19H,4-8H2,1H3,(H,28,33)(H,38,47)(H,39,48)(H2,27,29,30)/t12?,13-,14?,15?,18+,19?,25?,45?,46?/m1/s1. The number of hydrogen-bond acceptors (Lipinski definition) is 14. The van der Waals surface area contributed by atoms with E-state index in [2.05, 4.69) is 42.2 Å². The molecule has 256 valence electrons. The predicted molar refractivity (Wildman–Crippen MR) is 173 cm³/mol. The zero-order valence-electron chi connectivity index (χ0n) is 25.0. The third-order valence-electron chi connectivity index (χ3n) is 9.20. The van der Waals surface area contributed by atoms with Crippen molar-refractivity contribution >= 4 is 71.5 Å². The fourth-order valence-corrected chi connectivity index (χ4v) is 9.34. The van der Waals surface area contributed by atoms with Crippen molar-refractivity contribution in [2.75, 3.05) is 25.6 Å². The maximum Gasteiger partial charge on any atom is 0.386 e. The minimum Gasteiger partial charge on any atom is -0.382 e. The van der Waals surface area contributed by atoms with Crippen molar-refractivity contribution in [3.05, 3.63) is 41.7 Å². The lowest BCUT2D eigenvalue weighted by molar-refractivity contribution is -0.0841. The number of nitrogens with two attached hydrogens (primary N) is 1. The number of aromatic amines is 1. The van der Waals surface area contributed by atoms with E-state index in [9.17, 15) is 14.3 Å². The Morgan fingerprint density at radius 3 is 2.83 bits per heavy atom. The Bertz CT molecular complexity index is 2210. The minimum atomic E-state index is -4.19. The number of alkyl halides is 1. The van der Waals surface area contributed by atoms with E-state index in [0.29, 0.717) is 23.2 Å². The highest BCUT2D eigenvalue weighted by Crippen LogP contribution is 2.59. The number of hydrogen-bond donors (Lipinski definition) is 4. The number of thiol groups is 1. The van der Waals surface area contributed by atoms with E-state index in [1.165, 1.54) is 36.4 Å². The molecule has 3 aliphatic rings. The van der Waals surface area contributed by atoms with Crippen molar-refractivity contribution in [3.63, 3.8) is 0 Å². The molecule has 48 heavy (non-hydrogen) atoms. The summed E-state index contributed by atoms with van der Waals surface area (Å²) in [7, 11) is 0. The smallest absolute Gasteiger partial charge is 0.382 e. The first-order valence-corrected chi connectivity index (χ1v) is 20.0. The number of halogens is 1. The van der Waals surface area contributed by atoms with Crippen molar-refractivity contribution in [1.82, 2.24) is 43.4 Å². The zero-order chi connectivity index (χ0) is 33.6. The van der Waals surface area contributed by atoms with E-state index in [-0.39, 0.29) is 54.7 Å². The second kappa shape index (κ2) is 11.6. The summed E-state index contributed by atoms with van der Waals surface area (Å²) in [6.07, 6.45) is 3.27. The summed E-state index contributed by atoms with van der Waals surface area (Å²) >= 11 is 9.51. The Hall–Kier alpha value is -2.84. The summed E-state index contributed by atoms with van der Waals surface area (Å²) in [6.45, 7) is -7.46. The zero-order valence-corrected chi connectivity index (χ0v) is 28.5. The van der Waals surface area contributed by atoms with Gasteiger partial charge in [0.15, 0.2) is 23.2 Å². The van der Waals surface area contributed by atoms with Crippen LogP contribution in [-0.4, -0.2) is 92.1 Å². The molecule has 0 spiro atoms. The molecule has 2 aliphatic heterocycles. The molecule has 5 aromatic heterocycles. The maximum atomic E-state index is 16.3. The highest BCUT2D eigenvalue weighted by Gasteiger charge is 2.57.